The van der Waals surface area contributed by atoms with Crippen molar-refractivity contribution in [2.24, 2.45) is 5.92 Å². The van der Waals surface area contributed by atoms with Gasteiger partial charge in [0.05, 0.1) is 0 Å². The quantitative estimate of drug-likeness (QED) is 0.827. The van der Waals surface area contributed by atoms with E-state index in [2.05, 4.69) is 16.4 Å². The van der Waals surface area contributed by atoms with Gasteiger partial charge in [0.1, 0.15) is 12.1 Å². The third-order valence-corrected chi connectivity index (χ3v) is 5.11. The zero-order valence-corrected chi connectivity index (χ0v) is 15.6. The first-order chi connectivity index (χ1) is 12.3. The maximum atomic E-state index is 12.6. The molecule has 1 N–H and O–H groups in total. The monoisotopic (exact) mass is 358 g/mol. The van der Waals surface area contributed by atoms with Crippen LogP contribution in [-0.2, 0) is 16.0 Å². The number of carbonyl (C=O) groups is 3. The second-order valence-corrected chi connectivity index (χ2v) is 7.81. The summed E-state index contributed by atoms with van der Waals surface area (Å²) in [4.78, 5) is 44.0. The Hall–Kier alpha value is -2.44. The lowest BCUT2D eigenvalue weighted by atomic mass is 9.91. The van der Waals surface area contributed by atoms with Crippen LogP contribution >= 0.6 is 0 Å². The maximum Gasteiger partial charge on any atom is 0.325 e. The molecule has 2 aliphatic rings. The number of imide groups is 1. The van der Waals surface area contributed by atoms with Crippen molar-refractivity contribution >= 4 is 17.8 Å². The molecule has 1 aromatic rings. The van der Waals surface area contributed by atoms with Crippen molar-refractivity contribution < 1.29 is 14.4 Å². The summed E-state index contributed by atoms with van der Waals surface area (Å²) in [6, 6.07) is 3.59. The second kappa shape index (κ2) is 7.05. The van der Waals surface area contributed by atoms with Crippen LogP contribution in [0.1, 0.15) is 37.9 Å². The van der Waals surface area contributed by atoms with E-state index in [-0.39, 0.29) is 18.4 Å². The minimum Gasteiger partial charge on any atom is -0.341 e. The van der Waals surface area contributed by atoms with Crippen molar-refractivity contribution in [3.8, 4) is 0 Å². The molecular formula is C19H26N4O3. The fourth-order valence-electron chi connectivity index (χ4n) is 3.61. The van der Waals surface area contributed by atoms with E-state index in [9.17, 15) is 14.4 Å². The molecule has 26 heavy (non-hydrogen) atoms. The molecule has 0 unspecified atom stereocenters. The van der Waals surface area contributed by atoms with Crippen molar-refractivity contribution in [3.63, 3.8) is 0 Å². The number of nitrogens with zero attached hydrogens (tertiary/aromatic N) is 3. The minimum absolute atomic E-state index is 0.169. The number of hydrogen-bond acceptors (Lipinski definition) is 4. The number of piperidine rings is 1. The van der Waals surface area contributed by atoms with Gasteiger partial charge in [-0.1, -0.05) is 6.07 Å². The Morgan fingerprint density at radius 1 is 1.35 bits per heavy atom. The number of hydrogen-bond donors (Lipinski definition) is 1. The minimum atomic E-state index is -0.944. The van der Waals surface area contributed by atoms with Gasteiger partial charge in [0.2, 0.25) is 5.91 Å². The topological polar surface area (TPSA) is 82.6 Å². The zero-order valence-electron chi connectivity index (χ0n) is 15.6. The summed E-state index contributed by atoms with van der Waals surface area (Å²) in [6.07, 6.45) is 4.77. The molecule has 2 fully saturated rings. The third-order valence-electron chi connectivity index (χ3n) is 5.11. The molecule has 3 heterocycles. The van der Waals surface area contributed by atoms with Gasteiger partial charge in [-0.15, -0.1) is 0 Å². The van der Waals surface area contributed by atoms with Gasteiger partial charge in [-0.3, -0.25) is 19.5 Å². The van der Waals surface area contributed by atoms with E-state index < -0.39 is 11.6 Å². The van der Waals surface area contributed by atoms with E-state index in [0.717, 1.165) is 29.9 Å². The molecule has 0 spiro atoms. The number of carbonyl (C=O) groups excluding carboxylic acids is 3. The molecule has 2 aliphatic heterocycles. The highest BCUT2D eigenvalue weighted by Gasteiger charge is 2.45. The van der Waals surface area contributed by atoms with Crippen molar-refractivity contribution in [3.05, 3.63) is 29.6 Å². The molecule has 1 atom stereocenters. The highest BCUT2D eigenvalue weighted by atomic mass is 16.2. The molecule has 3 rings (SSSR count). The van der Waals surface area contributed by atoms with E-state index in [1.807, 2.05) is 19.2 Å². The number of amides is 4. The largest absolute Gasteiger partial charge is 0.341 e. The lowest BCUT2D eigenvalue weighted by molar-refractivity contribution is -0.139. The van der Waals surface area contributed by atoms with Gasteiger partial charge in [-0.25, -0.2) is 4.79 Å². The zero-order chi connectivity index (χ0) is 18.9. The summed E-state index contributed by atoms with van der Waals surface area (Å²) >= 11 is 0. The first-order valence-corrected chi connectivity index (χ1v) is 9.09. The normalized spacial score (nSPS) is 22.5. The first kappa shape index (κ1) is 18.4. The van der Waals surface area contributed by atoms with Gasteiger partial charge in [0, 0.05) is 25.0 Å². The molecule has 2 saturated heterocycles. The highest BCUT2D eigenvalue weighted by Crippen LogP contribution is 2.22. The van der Waals surface area contributed by atoms with Crippen LogP contribution in [0.3, 0.4) is 0 Å². The van der Waals surface area contributed by atoms with Gasteiger partial charge >= 0.3 is 6.03 Å². The van der Waals surface area contributed by atoms with E-state index in [4.69, 9.17) is 0 Å². The summed E-state index contributed by atoms with van der Waals surface area (Å²) in [5.74, 6) is -0.148. The summed E-state index contributed by atoms with van der Waals surface area (Å²) in [7, 11) is 0. The molecule has 0 saturated carbocycles. The van der Waals surface area contributed by atoms with E-state index >= 15 is 0 Å². The predicted molar refractivity (Wildman–Crippen MR) is 96.3 cm³/mol. The van der Waals surface area contributed by atoms with Crippen LogP contribution in [0.5, 0.6) is 0 Å². The lowest BCUT2D eigenvalue weighted by Gasteiger charge is -2.33. The number of likely N-dealkylation sites (tertiary alicyclic amines) is 1. The first-order valence-electron chi connectivity index (χ1n) is 9.09. The molecule has 140 valence electrons. The maximum absolute atomic E-state index is 12.6. The smallest absolute Gasteiger partial charge is 0.325 e. The molecule has 1 aromatic heterocycles. The van der Waals surface area contributed by atoms with Gasteiger partial charge in [-0.2, -0.15) is 0 Å². The summed E-state index contributed by atoms with van der Waals surface area (Å²) in [6.45, 7) is 6.39. The molecule has 4 amide bonds. The Bertz CT molecular complexity index is 714. The fraction of sp³-hybridized carbons (Fsp3) is 0.579. The number of aromatic nitrogens is 1. The van der Waals surface area contributed by atoms with Gasteiger partial charge in [-0.05, 0) is 57.6 Å². The summed E-state index contributed by atoms with van der Waals surface area (Å²) in [5.41, 5.74) is 1.22. The molecule has 7 heteroatoms. The van der Waals surface area contributed by atoms with Crippen LogP contribution in [0.15, 0.2) is 18.3 Å². The van der Waals surface area contributed by atoms with Crippen LogP contribution in [0.2, 0.25) is 0 Å². The second-order valence-electron chi connectivity index (χ2n) is 7.81. The van der Waals surface area contributed by atoms with E-state index in [0.29, 0.717) is 19.0 Å². The molecule has 7 nitrogen and oxygen atoms in total. The Kier molecular flexibility index (Phi) is 4.98. The number of rotatable bonds is 4. The van der Waals surface area contributed by atoms with Crippen molar-refractivity contribution in [2.75, 3.05) is 19.6 Å². The molecule has 0 aliphatic carbocycles. The lowest BCUT2D eigenvalue weighted by Crippen LogP contribution is -2.47. The van der Waals surface area contributed by atoms with Crippen molar-refractivity contribution in [1.82, 2.24) is 20.1 Å². The number of aryl methyl sites for hydroxylation is 1. The van der Waals surface area contributed by atoms with Gasteiger partial charge in [0.15, 0.2) is 0 Å². The van der Waals surface area contributed by atoms with E-state index in [1.165, 1.54) is 5.56 Å². The summed E-state index contributed by atoms with van der Waals surface area (Å²) in [5, 5.41) is 2.61. The van der Waals surface area contributed by atoms with Crippen LogP contribution in [0, 0.1) is 12.8 Å². The molecule has 0 radical (unpaired) electrons. The van der Waals surface area contributed by atoms with Crippen molar-refractivity contribution in [2.45, 2.75) is 45.6 Å². The summed E-state index contributed by atoms with van der Waals surface area (Å²) < 4.78 is 0. The SMILES string of the molecule is Cc1ccc(C[C@H]2CCCN(C(=O)CN3C(=O)NC(C)(C)C3=O)C2)cn1. The third kappa shape index (κ3) is 3.86. The average Bonchev–Trinajstić information content (AvgIpc) is 2.79. The van der Waals surface area contributed by atoms with E-state index in [1.54, 1.807) is 18.7 Å². The number of nitrogens with one attached hydrogen (secondary N) is 1. The van der Waals surface area contributed by atoms with Crippen LogP contribution in [0.25, 0.3) is 0 Å². The van der Waals surface area contributed by atoms with Gasteiger partial charge in [0.25, 0.3) is 5.91 Å². The van der Waals surface area contributed by atoms with Crippen LogP contribution < -0.4 is 5.32 Å². The van der Waals surface area contributed by atoms with Crippen LogP contribution in [0.4, 0.5) is 4.79 Å². The number of pyridine rings is 1. The van der Waals surface area contributed by atoms with Crippen LogP contribution in [-0.4, -0.2) is 57.8 Å². The Morgan fingerprint density at radius 3 is 2.73 bits per heavy atom. The Balaban J connectivity index is 1.59. The Labute approximate surface area is 153 Å². The Morgan fingerprint density at radius 2 is 2.12 bits per heavy atom. The average molecular weight is 358 g/mol. The standard InChI is InChI=1S/C19H26N4O3/c1-13-6-7-14(10-20-13)9-15-5-4-8-22(11-15)16(24)12-23-17(25)19(2,3)21-18(23)26/h6-7,10,15H,4-5,8-9,11-12H2,1-3H3,(H,21,26)/t15-/m1/s1. The molecular weight excluding hydrogens is 332 g/mol. The predicted octanol–water partition coefficient (Wildman–Crippen LogP) is 1.50. The highest BCUT2D eigenvalue weighted by molar-refractivity contribution is 6.08. The molecule has 0 aromatic carbocycles. The number of urea groups is 1. The fourth-order valence-corrected chi connectivity index (χ4v) is 3.61. The van der Waals surface area contributed by atoms with Gasteiger partial charge < -0.3 is 10.2 Å². The molecule has 0 bridgehead atoms. The van der Waals surface area contributed by atoms with Crippen molar-refractivity contribution in [1.29, 1.82) is 0 Å².